The Hall–Kier alpha value is -1.30. The number of nitrogens with one attached hydrogen (secondary N) is 1. The molecule has 2 aromatic rings. The maximum Gasteiger partial charge on any atom is 0.408 e. The zero-order valence-corrected chi connectivity index (χ0v) is 16.2. The summed E-state index contributed by atoms with van der Waals surface area (Å²) in [6, 6.07) is 9.74. The molecule has 2 rings (SSSR count). The summed E-state index contributed by atoms with van der Waals surface area (Å²) in [5.41, 5.74) is 1.40. The van der Waals surface area contributed by atoms with Crippen molar-refractivity contribution in [3.63, 3.8) is 0 Å². The third-order valence-corrected chi connectivity index (χ3v) is 4.26. The van der Waals surface area contributed by atoms with Crippen molar-refractivity contribution >= 4 is 29.0 Å². The highest BCUT2D eigenvalue weighted by molar-refractivity contribution is 7.09. The average molecular weight is 388 g/mol. The molecule has 1 atom stereocenters. The van der Waals surface area contributed by atoms with Gasteiger partial charge in [0, 0.05) is 5.38 Å². The van der Waals surface area contributed by atoms with Crippen molar-refractivity contribution in [2.75, 3.05) is 0 Å². The van der Waals surface area contributed by atoms with Crippen LogP contribution in [-0.4, -0.2) is 16.7 Å². The molecular formula is C17H21Cl2N2O2S-. The molecule has 0 radical (unpaired) electrons. The number of ether oxygens (including phenoxy) is 1. The predicted octanol–water partition coefficient (Wildman–Crippen LogP) is 1.69. The van der Waals surface area contributed by atoms with Crippen LogP contribution in [0.4, 0.5) is 4.79 Å². The van der Waals surface area contributed by atoms with Crippen LogP contribution in [0.3, 0.4) is 0 Å². The Bertz CT molecular complexity index is 642. The molecule has 0 unspecified atom stereocenters. The van der Waals surface area contributed by atoms with Crippen LogP contribution in [0.25, 0.3) is 0 Å². The van der Waals surface area contributed by atoms with Gasteiger partial charge in [0.1, 0.15) is 10.6 Å². The zero-order valence-electron chi connectivity index (χ0n) is 13.9. The van der Waals surface area contributed by atoms with E-state index >= 15 is 0 Å². The van der Waals surface area contributed by atoms with Crippen molar-refractivity contribution in [3.8, 4) is 0 Å². The first-order chi connectivity index (χ1) is 10.9. The quantitative estimate of drug-likeness (QED) is 0.794. The second-order valence-electron chi connectivity index (χ2n) is 6.20. The molecule has 0 aliphatic carbocycles. The predicted molar refractivity (Wildman–Crippen MR) is 93.9 cm³/mol. The molecule has 1 amide bonds. The van der Waals surface area contributed by atoms with Gasteiger partial charge in [-0.2, -0.15) is 0 Å². The number of alkyl halides is 1. The first-order valence-electron chi connectivity index (χ1n) is 7.41. The summed E-state index contributed by atoms with van der Waals surface area (Å²) in [7, 11) is 0. The van der Waals surface area contributed by atoms with Gasteiger partial charge < -0.3 is 22.5 Å². The summed E-state index contributed by atoms with van der Waals surface area (Å²) in [5, 5.41) is 5.66. The number of rotatable bonds is 5. The minimum atomic E-state index is -0.536. The third-order valence-electron chi connectivity index (χ3n) is 2.98. The van der Waals surface area contributed by atoms with Crippen LogP contribution in [0.1, 0.15) is 43.1 Å². The molecule has 4 nitrogen and oxygen atoms in total. The van der Waals surface area contributed by atoms with Crippen LogP contribution in [0.15, 0.2) is 35.7 Å². The van der Waals surface area contributed by atoms with E-state index in [1.54, 1.807) is 0 Å². The van der Waals surface area contributed by atoms with E-state index in [9.17, 15) is 4.79 Å². The maximum absolute atomic E-state index is 12.1. The van der Waals surface area contributed by atoms with Gasteiger partial charge in [-0.25, -0.2) is 9.78 Å². The molecule has 24 heavy (non-hydrogen) atoms. The van der Waals surface area contributed by atoms with Gasteiger partial charge in [0.15, 0.2) is 0 Å². The van der Waals surface area contributed by atoms with Crippen LogP contribution >= 0.6 is 22.9 Å². The summed E-state index contributed by atoms with van der Waals surface area (Å²) in [5.74, 6) is 0.362. The second-order valence-corrected chi connectivity index (χ2v) is 7.36. The number of nitrogens with zero attached hydrogens (tertiary/aromatic N) is 1. The molecule has 0 saturated heterocycles. The van der Waals surface area contributed by atoms with Gasteiger partial charge in [0.2, 0.25) is 0 Å². The summed E-state index contributed by atoms with van der Waals surface area (Å²) in [6.45, 7) is 5.52. The van der Waals surface area contributed by atoms with Crippen LogP contribution in [-0.2, 0) is 17.0 Å². The number of alkyl carbamates (subject to hydrolysis) is 1. The Morgan fingerprint density at radius 3 is 2.54 bits per heavy atom. The standard InChI is InChI=1S/C17H21ClN2O2S.ClH/c1-17(2,3)22-16(21)20-14(9-12-7-5-4-6-8-12)15-19-13(10-18)11-23-15;/h4-8,11,14H,9-10H2,1-3H3,(H,20,21);1H/p-1/t14-;/m0./s1. The van der Waals surface area contributed by atoms with E-state index < -0.39 is 11.7 Å². The number of hydrogen-bond acceptors (Lipinski definition) is 4. The minimum Gasteiger partial charge on any atom is -1.00 e. The van der Waals surface area contributed by atoms with Crippen molar-refractivity contribution in [1.82, 2.24) is 10.3 Å². The van der Waals surface area contributed by atoms with Gasteiger partial charge in [-0.15, -0.1) is 22.9 Å². The van der Waals surface area contributed by atoms with Crippen molar-refractivity contribution in [3.05, 3.63) is 52.0 Å². The SMILES string of the molecule is CC(C)(C)OC(=O)N[C@@H](Cc1ccccc1)c1nc(CCl)cs1.[Cl-]. The number of hydrogen-bond donors (Lipinski definition) is 1. The van der Waals surface area contributed by atoms with Crippen LogP contribution < -0.4 is 17.7 Å². The fourth-order valence-corrected chi connectivity index (χ4v) is 3.14. The molecule has 0 aliphatic heterocycles. The van der Waals surface area contributed by atoms with Gasteiger partial charge in [-0.1, -0.05) is 30.3 Å². The number of amides is 1. The Balaban J connectivity index is 0.00000288. The minimum absolute atomic E-state index is 0. The highest BCUT2D eigenvalue weighted by Gasteiger charge is 2.22. The molecule has 0 spiro atoms. The van der Waals surface area contributed by atoms with Crippen LogP contribution in [0.5, 0.6) is 0 Å². The highest BCUT2D eigenvalue weighted by Crippen LogP contribution is 2.23. The molecule has 132 valence electrons. The number of aromatic nitrogens is 1. The van der Waals surface area contributed by atoms with E-state index in [0.717, 1.165) is 16.3 Å². The normalized spacial score (nSPS) is 12.2. The van der Waals surface area contributed by atoms with E-state index in [1.165, 1.54) is 11.3 Å². The third kappa shape index (κ3) is 6.67. The lowest BCUT2D eigenvalue weighted by atomic mass is 10.1. The fourth-order valence-electron chi connectivity index (χ4n) is 2.04. The zero-order chi connectivity index (χ0) is 16.9. The Kier molecular flexibility index (Phi) is 8.00. The summed E-state index contributed by atoms with van der Waals surface area (Å²) in [4.78, 5) is 16.6. The highest BCUT2D eigenvalue weighted by atomic mass is 35.5. The van der Waals surface area contributed by atoms with Crippen molar-refractivity contribution in [1.29, 1.82) is 0 Å². The number of carbonyl (C=O) groups excluding carboxylic acids is 1. The first-order valence-corrected chi connectivity index (χ1v) is 8.82. The van der Waals surface area contributed by atoms with E-state index in [2.05, 4.69) is 10.3 Å². The molecule has 0 aliphatic rings. The van der Waals surface area contributed by atoms with E-state index in [4.69, 9.17) is 16.3 Å². The lowest BCUT2D eigenvalue weighted by molar-refractivity contribution is -0.0000282. The molecule has 1 aromatic carbocycles. The van der Waals surface area contributed by atoms with Crippen molar-refractivity contribution in [2.45, 2.75) is 44.7 Å². The molecule has 1 N–H and O–H groups in total. The van der Waals surface area contributed by atoms with Crippen LogP contribution in [0.2, 0.25) is 0 Å². The number of carbonyl (C=O) groups is 1. The lowest BCUT2D eigenvalue weighted by Gasteiger charge is -2.23. The first kappa shape index (κ1) is 20.7. The smallest absolute Gasteiger partial charge is 0.408 e. The Morgan fingerprint density at radius 2 is 2.00 bits per heavy atom. The second kappa shape index (κ2) is 9.25. The molecule has 0 saturated carbocycles. The van der Waals surface area contributed by atoms with Gasteiger partial charge in [-0.05, 0) is 32.8 Å². The average Bonchev–Trinajstić information content (AvgIpc) is 2.94. The van der Waals surface area contributed by atoms with Crippen LogP contribution in [0, 0.1) is 0 Å². The largest absolute Gasteiger partial charge is 1.00 e. The molecular weight excluding hydrogens is 367 g/mol. The van der Waals surface area contributed by atoms with E-state index in [0.29, 0.717) is 12.3 Å². The molecule has 0 bridgehead atoms. The monoisotopic (exact) mass is 387 g/mol. The molecule has 7 heteroatoms. The van der Waals surface area contributed by atoms with Gasteiger partial charge in [0.05, 0.1) is 17.6 Å². The number of benzene rings is 1. The van der Waals surface area contributed by atoms with Gasteiger partial charge in [-0.3, -0.25) is 0 Å². The van der Waals surface area contributed by atoms with E-state index in [1.807, 2.05) is 56.5 Å². The van der Waals surface area contributed by atoms with Crippen molar-refractivity contribution in [2.24, 2.45) is 0 Å². The molecule has 1 heterocycles. The Labute approximate surface area is 158 Å². The maximum atomic E-state index is 12.1. The summed E-state index contributed by atoms with van der Waals surface area (Å²) in [6.07, 6.45) is 0.205. The Morgan fingerprint density at radius 1 is 1.33 bits per heavy atom. The van der Waals surface area contributed by atoms with Crippen molar-refractivity contribution < 1.29 is 21.9 Å². The summed E-state index contributed by atoms with van der Waals surface area (Å²) >= 11 is 7.33. The fraction of sp³-hybridized carbons (Fsp3) is 0.412. The lowest BCUT2D eigenvalue weighted by Crippen LogP contribution is -3.00. The topological polar surface area (TPSA) is 51.2 Å². The van der Waals surface area contributed by atoms with Gasteiger partial charge in [0.25, 0.3) is 0 Å². The van der Waals surface area contributed by atoms with Gasteiger partial charge >= 0.3 is 6.09 Å². The number of thiazole rings is 1. The number of halogens is 2. The van der Waals surface area contributed by atoms with E-state index in [-0.39, 0.29) is 18.4 Å². The molecule has 1 aromatic heterocycles. The molecule has 0 fully saturated rings. The summed E-state index contributed by atoms with van der Waals surface area (Å²) < 4.78 is 5.36.